The Morgan fingerprint density at radius 2 is 1.85 bits per heavy atom. The number of benzene rings is 2. The van der Waals surface area contributed by atoms with Gasteiger partial charge in [-0.3, -0.25) is 4.79 Å². The van der Waals surface area contributed by atoms with Crippen molar-refractivity contribution >= 4 is 27.3 Å². The molecular formula is C30H38BrNO. The second-order valence-corrected chi connectivity index (χ2v) is 11.1. The normalized spacial score (nSPS) is 22.2. The lowest BCUT2D eigenvalue weighted by Crippen LogP contribution is -2.39. The number of halogens is 1. The summed E-state index contributed by atoms with van der Waals surface area (Å²) in [5, 5.41) is 0. The van der Waals surface area contributed by atoms with Crippen molar-refractivity contribution < 1.29 is 4.79 Å². The summed E-state index contributed by atoms with van der Waals surface area (Å²) in [4.78, 5) is 15.1. The molecule has 0 unspecified atom stereocenters. The van der Waals surface area contributed by atoms with Crippen LogP contribution < -0.4 is 0 Å². The molecule has 3 heteroatoms. The molecule has 4 rings (SSSR count). The summed E-state index contributed by atoms with van der Waals surface area (Å²) >= 11 is 3.75. The SMILES string of the molecule is C=C1c2c(Br)cccc2CC12CCC(N(C)CCCCC(=O)c1ccc(CCC)cc1)CC2. The average Bonchev–Trinajstić information content (AvgIpc) is 3.09. The predicted molar refractivity (Wildman–Crippen MR) is 143 cm³/mol. The van der Waals surface area contributed by atoms with Crippen LogP contribution in [-0.4, -0.2) is 30.3 Å². The first-order valence-electron chi connectivity index (χ1n) is 12.7. The minimum absolute atomic E-state index is 0.267. The average molecular weight is 509 g/mol. The number of ketones is 1. The number of carbonyl (C=O) groups is 1. The number of carbonyl (C=O) groups excluding carboxylic acids is 1. The van der Waals surface area contributed by atoms with Crippen LogP contribution >= 0.6 is 15.9 Å². The van der Waals surface area contributed by atoms with Gasteiger partial charge < -0.3 is 4.90 Å². The maximum atomic E-state index is 12.5. The molecular weight excluding hydrogens is 470 g/mol. The number of aryl methyl sites for hydroxylation is 1. The molecule has 0 heterocycles. The molecule has 0 bridgehead atoms. The predicted octanol–water partition coefficient (Wildman–Crippen LogP) is 7.88. The first-order chi connectivity index (χ1) is 15.9. The van der Waals surface area contributed by atoms with Crippen LogP contribution in [0.3, 0.4) is 0 Å². The molecule has 2 aromatic rings. The minimum Gasteiger partial charge on any atom is -0.303 e. The molecule has 2 nitrogen and oxygen atoms in total. The van der Waals surface area contributed by atoms with E-state index in [4.69, 9.17) is 0 Å². The molecule has 176 valence electrons. The third-order valence-electron chi connectivity index (χ3n) is 8.09. The molecule has 1 spiro atoms. The van der Waals surface area contributed by atoms with Crippen molar-refractivity contribution in [3.05, 3.63) is 75.8 Å². The van der Waals surface area contributed by atoms with Gasteiger partial charge in [-0.15, -0.1) is 0 Å². The first-order valence-corrected chi connectivity index (χ1v) is 13.5. The van der Waals surface area contributed by atoms with Crippen molar-refractivity contribution in [3.8, 4) is 0 Å². The van der Waals surface area contributed by atoms with Crippen LogP contribution in [-0.2, 0) is 12.8 Å². The van der Waals surface area contributed by atoms with Gasteiger partial charge in [0.1, 0.15) is 0 Å². The lowest BCUT2D eigenvalue weighted by molar-refractivity contribution is 0.0975. The molecule has 2 aliphatic carbocycles. The molecule has 1 fully saturated rings. The highest BCUT2D eigenvalue weighted by Crippen LogP contribution is 2.55. The topological polar surface area (TPSA) is 20.3 Å². The third kappa shape index (κ3) is 5.35. The highest BCUT2D eigenvalue weighted by Gasteiger charge is 2.44. The third-order valence-corrected chi connectivity index (χ3v) is 8.75. The molecule has 0 atom stereocenters. The van der Waals surface area contributed by atoms with Gasteiger partial charge in [-0.25, -0.2) is 0 Å². The highest BCUT2D eigenvalue weighted by molar-refractivity contribution is 9.10. The van der Waals surface area contributed by atoms with Crippen LogP contribution in [0, 0.1) is 5.41 Å². The Bertz CT molecular complexity index is 985. The van der Waals surface area contributed by atoms with Crippen molar-refractivity contribution in [2.24, 2.45) is 5.41 Å². The fourth-order valence-corrected chi connectivity index (χ4v) is 6.63. The number of unbranched alkanes of at least 4 members (excludes halogenated alkanes) is 1. The maximum absolute atomic E-state index is 12.5. The second-order valence-electron chi connectivity index (χ2n) is 10.2. The maximum Gasteiger partial charge on any atom is 0.162 e. The summed E-state index contributed by atoms with van der Waals surface area (Å²) in [5.74, 6) is 0.283. The Morgan fingerprint density at radius 3 is 2.52 bits per heavy atom. The van der Waals surface area contributed by atoms with Gasteiger partial charge in [-0.05, 0) is 98.7 Å². The fraction of sp³-hybridized carbons (Fsp3) is 0.500. The Kier molecular flexibility index (Phi) is 7.91. The van der Waals surface area contributed by atoms with Gasteiger partial charge in [0.2, 0.25) is 0 Å². The number of hydrogen-bond acceptors (Lipinski definition) is 2. The zero-order valence-corrected chi connectivity index (χ0v) is 21.9. The first kappa shape index (κ1) is 24.4. The molecule has 0 amide bonds. The number of rotatable bonds is 9. The van der Waals surface area contributed by atoms with Crippen molar-refractivity contribution in [1.29, 1.82) is 0 Å². The van der Waals surface area contributed by atoms with Gasteiger partial charge in [0.15, 0.2) is 5.78 Å². The number of fused-ring (bicyclic) bond motifs is 1. The smallest absolute Gasteiger partial charge is 0.162 e. The van der Waals surface area contributed by atoms with Crippen LogP contribution in [0.4, 0.5) is 0 Å². The van der Waals surface area contributed by atoms with E-state index >= 15 is 0 Å². The number of Topliss-reactive ketones (excluding diaryl/α,β-unsaturated/α-hetero) is 1. The zero-order chi connectivity index (χ0) is 23.4. The van der Waals surface area contributed by atoms with E-state index in [1.165, 1.54) is 52.4 Å². The summed E-state index contributed by atoms with van der Waals surface area (Å²) in [6.07, 6.45) is 11.0. The van der Waals surface area contributed by atoms with Crippen LogP contribution in [0.5, 0.6) is 0 Å². The Balaban J connectivity index is 1.20. The number of nitrogens with zero attached hydrogens (tertiary/aromatic N) is 1. The summed E-state index contributed by atoms with van der Waals surface area (Å²) in [7, 11) is 2.27. The molecule has 33 heavy (non-hydrogen) atoms. The van der Waals surface area contributed by atoms with E-state index in [1.807, 2.05) is 12.1 Å². The zero-order valence-electron chi connectivity index (χ0n) is 20.3. The van der Waals surface area contributed by atoms with E-state index in [2.05, 4.69) is 71.7 Å². The van der Waals surface area contributed by atoms with Crippen LogP contribution in [0.2, 0.25) is 0 Å². The Morgan fingerprint density at radius 1 is 1.12 bits per heavy atom. The van der Waals surface area contributed by atoms with Gasteiger partial charge in [-0.2, -0.15) is 0 Å². The summed E-state index contributed by atoms with van der Waals surface area (Å²) in [6, 6.07) is 15.5. The Hall–Kier alpha value is -1.71. The highest BCUT2D eigenvalue weighted by atomic mass is 79.9. The lowest BCUT2D eigenvalue weighted by atomic mass is 9.68. The lowest BCUT2D eigenvalue weighted by Gasteiger charge is -2.41. The quantitative estimate of drug-likeness (QED) is 0.254. The van der Waals surface area contributed by atoms with E-state index in [0.29, 0.717) is 12.5 Å². The second kappa shape index (κ2) is 10.7. The molecule has 0 radical (unpaired) electrons. The van der Waals surface area contributed by atoms with Crippen LogP contribution in [0.15, 0.2) is 53.5 Å². The fourth-order valence-electron chi connectivity index (χ4n) is 5.98. The standard InChI is InChI=1S/C30H38BrNO/c1-4-8-23-12-14-24(15-13-23)28(33)11-5-6-20-32(3)26-16-18-30(19-17-26)21-25-9-7-10-27(31)29(25)22(30)2/h7,9-10,12-15,26H,2,4-6,8,11,16-21H2,1,3H3. The van der Waals surface area contributed by atoms with Crippen LogP contribution in [0.1, 0.15) is 85.3 Å². The van der Waals surface area contributed by atoms with Crippen molar-refractivity contribution in [1.82, 2.24) is 4.90 Å². The van der Waals surface area contributed by atoms with E-state index in [1.54, 1.807) is 0 Å². The van der Waals surface area contributed by atoms with Gasteiger partial charge >= 0.3 is 0 Å². The monoisotopic (exact) mass is 507 g/mol. The van der Waals surface area contributed by atoms with Crippen molar-refractivity contribution in [3.63, 3.8) is 0 Å². The molecule has 0 aliphatic heterocycles. The van der Waals surface area contributed by atoms with Gasteiger partial charge in [0.25, 0.3) is 0 Å². The molecule has 2 aromatic carbocycles. The molecule has 1 saturated carbocycles. The minimum atomic E-state index is 0.267. The molecule has 0 saturated heterocycles. The number of hydrogen-bond donors (Lipinski definition) is 0. The van der Waals surface area contributed by atoms with E-state index in [9.17, 15) is 4.79 Å². The molecule has 0 N–H and O–H groups in total. The van der Waals surface area contributed by atoms with Crippen molar-refractivity contribution in [2.75, 3.05) is 13.6 Å². The number of allylic oxidation sites excluding steroid dienone is 1. The van der Waals surface area contributed by atoms with E-state index < -0.39 is 0 Å². The summed E-state index contributed by atoms with van der Waals surface area (Å²) < 4.78 is 1.20. The molecule has 2 aliphatic rings. The van der Waals surface area contributed by atoms with Crippen molar-refractivity contribution in [2.45, 2.75) is 77.2 Å². The van der Waals surface area contributed by atoms with Gasteiger partial charge in [0.05, 0.1) is 0 Å². The Labute approximate surface area is 208 Å². The van der Waals surface area contributed by atoms with Gasteiger partial charge in [-0.1, -0.05) is 72.3 Å². The van der Waals surface area contributed by atoms with Crippen LogP contribution in [0.25, 0.3) is 5.57 Å². The van der Waals surface area contributed by atoms with Gasteiger partial charge in [0, 0.05) is 22.5 Å². The van der Waals surface area contributed by atoms with E-state index in [-0.39, 0.29) is 11.2 Å². The summed E-state index contributed by atoms with van der Waals surface area (Å²) in [5.41, 5.74) is 6.64. The largest absolute Gasteiger partial charge is 0.303 e. The van der Waals surface area contributed by atoms with E-state index in [0.717, 1.165) is 44.2 Å². The summed E-state index contributed by atoms with van der Waals surface area (Å²) in [6.45, 7) is 7.81. The molecule has 0 aromatic heterocycles.